The first-order valence-electron chi connectivity index (χ1n) is 7.58. The molecule has 0 saturated heterocycles. The Labute approximate surface area is 141 Å². The number of benzene rings is 2. The lowest BCUT2D eigenvalue weighted by molar-refractivity contribution is 0.0918. The van der Waals surface area contributed by atoms with E-state index in [2.05, 4.69) is 15.5 Å². The van der Waals surface area contributed by atoms with Crippen LogP contribution in [0, 0.1) is 0 Å². The second-order valence-electron chi connectivity index (χ2n) is 5.58. The summed E-state index contributed by atoms with van der Waals surface area (Å²) in [6.07, 6.45) is 0.960. The first-order chi connectivity index (χ1) is 11.7. The molecule has 120 valence electrons. The topological polar surface area (TPSA) is 78.0 Å². The van der Waals surface area contributed by atoms with E-state index >= 15 is 0 Å². The van der Waals surface area contributed by atoms with E-state index < -0.39 is 6.10 Å². The van der Waals surface area contributed by atoms with Crippen LogP contribution in [0.3, 0.4) is 0 Å². The van der Waals surface area contributed by atoms with Gasteiger partial charge in [-0.15, -0.1) is 11.3 Å². The molecule has 0 aliphatic rings. The molecule has 24 heavy (non-hydrogen) atoms. The summed E-state index contributed by atoms with van der Waals surface area (Å²) >= 11 is 1.54. The molecule has 2 heterocycles. The van der Waals surface area contributed by atoms with Gasteiger partial charge in [0.2, 0.25) is 0 Å². The summed E-state index contributed by atoms with van der Waals surface area (Å²) in [4.78, 5) is 13.1. The number of hydrogen-bond acceptors (Lipinski definition) is 4. The number of carbonyl (C=O) groups is 1. The summed E-state index contributed by atoms with van der Waals surface area (Å²) in [5.74, 6) is -0.210. The number of nitrogens with one attached hydrogen (secondary N) is 2. The second-order valence-corrected chi connectivity index (χ2v) is 6.70. The lowest BCUT2D eigenvalue weighted by atomic mass is 10.1. The van der Waals surface area contributed by atoms with E-state index in [4.69, 9.17) is 0 Å². The number of hydrogen-bond donors (Lipinski definition) is 3. The number of aliphatic hydroxyl groups is 1. The van der Waals surface area contributed by atoms with Crippen molar-refractivity contribution in [3.8, 4) is 0 Å². The number of nitrogens with zero attached hydrogens (tertiary/aromatic N) is 1. The fourth-order valence-electron chi connectivity index (χ4n) is 2.64. The Morgan fingerprint density at radius 3 is 2.96 bits per heavy atom. The van der Waals surface area contributed by atoms with Crippen molar-refractivity contribution < 1.29 is 9.90 Å². The van der Waals surface area contributed by atoms with Crippen molar-refractivity contribution in [3.63, 3.8) is 0 Å². The van der Waals surface area contributed by atoms with Gasteiger partial charge in [0, 0.05) is 27.1 Å². The van der Waals surface area contributed by atoms with Gasteiger partial charge in [-0.05, 0) is 35.7 Å². The van der Waals surface area contributed by atoms with Gasteiger partial charge >= 0.3 is 0 Å². The van der Waals surface area contributed by atoms with Gasteiger partial charge in [0.15, 0.2) is 0 Å². The molecule has 4 aromatic rings. The van der Waals surface area contributed by atoms with Crippen molar-refractivity contribution in [2.45, 2.75) is 6.10 Å². The van der Waals surface area contributed by atoms with Crippen LogP contribution in [0.2, 0.25) is 0 Å². The predicted octanol–water partition coefficient (Wildman–Crippen LogP) is 3.24. The average molecular weight is 337 g/mol. The standard InChI is InChI=1S/C18H15N3O2S/c22-15(17-8-11-3-1-2-4-16(11)24-17)10-19-18(23)12-5-6-14-13(7-12)9-20-21-14/h1-9,15,22H,10H2,(H,19,23)(H,20,21). The number of fused-ring (bicyclic) bond motifs is 2. The van der Waals surface area contributed by atoms with E-state index in [1.54, 1.807) is 29.7 Å². The van der Waals surface area contributed by atoms with Crippen LogP contribution in [-0.2, 0) is 0 Å². The summed E-state index contributed by atoms with van der Waals surface area (Å²) in [5.41, 5.74) is 1.43. The molecule has 0 bridgehead atoms. The first-order valence-corrected chi connectivity index (χ1v) is 8.40. The van der Waals surface area contributed by atoms with Crippen molar-refractivity contribution >= 4 is 38.2 Å². The Morgan fingerprint density at radius 2 is 2.08 bits per heavy atom. The van der Waals surface area contributed by atoms with Gasteiger partial charge < -0.3 is 10.4 Å². The molecule has 0 fully saturated rings. The summed E-state index contributed by atoms with van der Waals surface area (Å²) in [7, 11) is 0. The second kappa shape index (κ2) is 6.07. The maximum absolute atomic E-state index is 12.3. The molecule has 1 atom stereocenters. The number of H-pyrrole nitrogens is 1. The Bertz CT molecular complexity index is 988. The van der Waals surface area contributed by atoms with Gasteiger partial charge in [0.05, 0.1) is 11.7 Å². The molecular weight excluding hydrogens is 322 g/mol. The maximum Gasteiger partial charge on any atom is 0.251 e. The molecule has 3 N–H and O–H groups in total. The highest BCUT2D eigenvalue weighted by Gasteiger charge is 2.14. The zero-order chi connectivity index (χ0) is 16.5. The zero-order valence-electron chi connectivity index (χ0n) is 12.7. The summed E-state index contributed by atoms with van der Waals surface area (Å²) in [6, 6.07) is 15.3. The van der Waals surface area contributed by atoms with Crippen molar-refractivity contribution in [2.75, 3.05) is 6.54 Å². The fraction of sp³-hybridized carbons (Fsp3) is 0.111. The van der Waals surface area contributed by atoms with Gasteiger partial charge in [0.25, 0.3) is 5.91 Å². The number of carbonyl (C=O) groups excluding carboxylic acids is 1. The molecule has 1 amide bonds. The molecule has 5 nitrogen and oxygen atoms in total. The fourth-order valence-corrected chi connectivity index (χ4v) is 3.69. The van der Waals surface area contributed by atoms with Gasteiger partial charge in [-0.2, -0.15) is 5.10 Å². The summed E-state index contributed by atoms with van der Waals surface area (Å²) in [5, 5.41) is 21.9. The molecule has 0 aliphatic carbocycles. The van der Waals surface area contributed by atoms with Crippen LogP contribution < -0.4 is 5.32 Å². The van der Waals surface area contributed by atoms with Crippen molar-refractivity contribution in [2.24, 2.45) is 0 Å². The third-order valence-electron chi connectivity index (χ3n) is 3.93. The number of aromatic amines is 1. The van der Waals surface area contributed by atoms with Gasteiger partial charge in [-0.25, -0.2) is 0 Å². The highest BCUT2D eigenvalue weighted by atomic mass is 32.1. The van der Waals surface area contributed by atoms with E-state index in [1.807, 2.05) is 36.4 Å². The monoisotopic (exact) mass is 337 g/mol. The van der Waals surface area contributed by atoms with Gasteiger partial charge in [0.1, 0.15) is 6.10 Å². The number of amides is 1. The molecule has 6 heteroatoms. The summed E-state index contributed by atoms with van der Waals surface area (Å²) in [6.45, 7) is 0.176. The molecule has 0 radical (unpaired) electrons. The van der Waals surface area contributed by atoms with Gasteiger partial charge in [-0.1, -0.05) is 18.2 Å². The van der Waals surface area contributed by atoms with Gasteiger partial charge in [-0.3, -0.25) is 9.89 Å². The molecule has 2 aromatic carbocycles. The zero-order valence-corrected chi connectivity index (χ0v) is 13.5. The van der Waals surface area contributed by atoms with Crippen LogP contribution in [0.15, 0.2) is 54.7 Å². The van der Waals surface area contributed by atoms with E-state index in [0.29, 0.717) is 5.56 Å². The van der Waals surface area contributed by atoms with Crippen molar-refractivity contribution in [3.05, 3.63) is 65.2 Å². The van der Waals surface area contributed by atoms with Crippen LogP contribution >= 0.6 is 11.3 Å². The highest BCUT2D eigenvalue weighted by Crippen LogP contribution is 2.29. The van der Waals surface area contributed by atoms with E-state index in [0.717, 1.165) is 25.9 Å². The lowest BCUT2D eigenvalue weighted by Crippen LogP contribution is -2.28. The molecule has 0 aliphatic heterocycles. The largest absolute Gasteiger partial charge is 0.386 e. The number of thiophene rings is 1. The molecule has 1 unspecified atom stereocenters. The molecule has 2 aromatic heterocycles. The van der Waals surface area contributed by atoms with Crippen LogP contribution in [-0.4, -0.2) is 27.8 Å². The Hall–Kier alpha value is -2.70. The van der Waals surface area contributed by atoms with Crippen molar-refractivity contribution in [1.29, 1.82) is 0 Å². The van der Waals surface area contributed by atoms with E-state index in [-0.39, 0.29) is 12.5 Å². The minimum Gasteiger partial charge on any atom is -0.386 e. The third-order valence-corrected chi connectivity index (χ3v) is 5.15. The lowest BCUT2D eigenvalue weighted by Gasteiger charge is -2.10. The summed E-state index contributed by atoms with van der Waals surface area (Å²) < 4.78 is 1.13. The quantitative estimate of drug-likeness (QED) is 0.535. The van der Waals surface area contributed by atoms with E-state index in [9.17, 15) is 9.90 Å². The molecule has 0 saturated carbocycles. The average Bonchev–Trinajstić information content (AvgIpc) is 3.24. The minimum absolute atomic E-state index is 0.176. The molecular formula is C18H15N3O2S. The maximum atomic E-state index is 12.3. The van der Waals surface area contributed by atoms with Crippen LogP contribution in [0.4, 0.5) is 0 Å². The number of rotatable bonds is 4. The third kappa shape index (κ3) is 2.77. The first kappa shape index (κ1) is 14.9. The van der Waals surface area contributed by atoms with Crippen LogP contribution in [0.1, 0.15) is 21.3 Å². The van der Waals surface area contributed by atoms with Crippen LogP contribution in [0.25, 0.3) is 21.0 Å². The normalized spacial score (nSPS) is 12.5. The molecule has 0 spiro atoms. The van der Waals surface area contributed by atoms with E-state index in [1.165, 1.54) is 0 Å². The smallest absolute Gasteiger partial charge is 0.251 e. The minimum atomic E-state index is -0.719. The highest BCUT2D eigenvalue weighted by molar-refractivity contribution is 7.19. The molecule has 4 rings (SSSR count). The SMILES string of the molecule is O=C(NCC(O)c1cc2ccccc2s1)c1ccc2[nH]ncc2c1. The Morgan fingerprint density at radius 1 is 1.21 bits per heavy atom. The number of aliphatic hydroxyl groups excluding tert-OH is 1. The predicted molar refractivity (Wildman–Crippen MR) is 95.2 cm³/mol. The number of aromatic nitrogens is 2. The van der Waals surface area contributed by atoms with Crippen molar-refractivity contribution in [1.82, 2.24) is 15.5 Å². The van der Waals surface area contributed by atoms with Crippen LogP contribution in [0.5, 0.6) is 0 Å². The Balaban J connectivity index is 1.45. The Kier molecular flexibility index (Phi) is 3.76.